The molecule has 104 valence electrons. The van der Waals surface area contributed by atoms with Crippen LogP contribution in [0, 0.1) is 0 Å². The Balaban J connectivity index is 1.45. The predicted molar refractivity (Wildman–Crippen MR) is 76.9 cm³/mol. The maximum atomic E-state index is 2.80. The van der Waals surface area contributed by atoms with Gasteiger partial charge in [0.05, 0.1) is 0 Å². The number of piperidine rings is 2. The second-order valence-electron chi connectivity index (χ2n) is 6.66. The minimum absolute atomic E-state index is 0.936. The molecule has 3 fully saturated rings. The first kappa shape index (κ1) is 12.9. The highest BCUT2D eigenvalue weighted by Gasteiger charge is 2.29. The zero-order valence-corrected chi connectivity index (χ0v) is 11.9. The van der Waals surface area contributed by atoms with Gasteiger partial charge in [-0.3, -0.25) is 0 Å². The molecule has 18 heavy (non-hydrogen) atoms. The van der Waals surface area contributed by atoms with E-state index in [1.165, 1.54) is 90.4 Å². The molecule has 0 spiro atoms. The third kappa shape index (κ3) is 3.08. The molecule has 0 atom stereocenters. The van der Waals surface area contributed by atoms with E-state index in [1.807, 2.05) is 0 Å². The van der Waals surface area contributed by atoms with Crippen LogP contribution in [0.15, 0.2) is 0 Å². The molecule has 2 saturated heterocycles. The lowest BCUT2D eigenvalue weighted by atomic mass is 9.87. The highest BCUT2D eigenvalue weighted by molar-refractivity contribution is 4.86. The SMILES string of the molecule is C1CCN([C@H]2CC[C@H](N3CCCCC3)CC2)CC1. The van der Waals surface area contributed by atoms with Crippen molar-refractivity contribution in [2.75, 3.05) is 26.2 Å². The molecule has 2 heterocycles. The summed E-state index contributed by atoms with van der Waals surface area (Å²) >= 11 is 0. The van der Waals surface area contributed by atoms with Crippen molar-refractivity contribution in [1.29, 1.82) is 0 Å². The van der Waals surface area contributed by atoms with E-state index in [9.17, 15) is 0 Å². The van der Waals surface area contributed by atoms with E-state index in [1.54, 1.807) is 0 Å². The molecule has 2 heteroatoms. The van der Waals surface area contributed by atoms with Crippen LogP contribution < -0.4 is 0 Å². The molecule has 1 saturated carbocycles. The van der Waals surface area contributed by atoms with Gasteiger partial charge in [0.2, 0.25) is 0 Å². The quantitative estimate of drug-likeness (QED) is 0.742. The van der Waals surface area contributed by atoms with Gasteiger partial charge in [-0.15, -0.1) is 0 Å². The fraction of sp³-hybridized carbons (Fsp3) is 1.00. The van der Waals surface area contributed by atoms with Gasteiger partial charge in [-0.1, -0.05) is 12.8 Å². The molecule has 0 N–H and O–H groups in total. The molecular weight excluding hydrogens is 220 g/mol. The second kappa shape index (κ2) is 6.38. The standard InChI is InChI=1S/C16H30N2/c1-3-11-17(12-4-1)15-7-9-16(10-8-15)18-13-5-2-6-14-18/h15-16H,1-14H2/t15-,16-. The van der Waals surface area contributed by atoms with Gasteiger partial charge < -0.3 is 9.80 Å². The summed E-state index contributed by atoms with van der Waals surface area (Å²) in [6.45, 7) is 5.55. The lowest BCUT2D eigenvalue weighted by Crippen LogP contribution is -2.46. The first-order valence-electron chi connectivity index (χ1n) is 8.41. The summed E-state index contributed by atoms with van der Waals surface area (Å²) in [6.07, 6.45) is 14.6. The molecule has 2 aliphatic heterocycles. The summed E-state index contributed by atoms with van der Waals surface area (Å²) in [4.78, 5) is 5.60. The van der Waals surface area contributed by atoms with Crippen LogP contribution in [0.25, 0.3) is 0 Å². The monoisotopic (exact) mass is 250 g/mol. The van der Waals surface area contributed by atoms with Gasteiger partial charge in [0, 0.05) is 12.1 Å². The third-order valence-corrected chi connectivity index (χ3v) is 5.48. The Bertz CT molecular complexity index is 207. The first-order chi connectivity index (χ1) is 8.93. The fourth-order valence-electron chi connectivity index (χ4n) is 4.36. The highest BCUT2D eigenvalue weighted by Crippen LogP contribution is 2.29. The van der Waals surface area contributed by atoms with Gasteiger partial charge in [-0.05, 0) is 77.5 Å². The van der Waals surface area contributed by atoms with Crippen LogP contribution >= 0.6 is 0 Å². The Hall–Kier alpha value is -0.0800. The fourth-order valence-corrected chi connectivity index (χ4v) is 4.36. The Labute approximate surface area is 113 Å². The van der Waals surface area contributed by atoms with Crippen LogP contribution in [0.2, 0.25) is 0 Å². The highest BCUT2D eigenvalue weighted by atomic mass is 15.2. The molecule has 0 radical (unpaired) electrons. The molecule has 1 aliphatic carbocycles. The summed E-state index contributed by atoms with van der Waals surface area (Å²) < 4.78 is 0. The van der Waals surface area contributed by atoms with Crippen molar-refractivity contribution in [3.63, 3.8) is 0 Å². The summed E-state index contributed by atoms with van der Waals surface area (Å²) in [7, 11) is 0. The van der Waals surface area contributed by atoms with Crippen LogP contribution in [0.3, 0.4) is 0 Å². The molecule has 0 aromatic carbocycles. The van der Waals surface area contributed by atoms with E-state index in [4.69, 9.17) is 0 Å². The molecule has 3 aliphatic rings. The molecule has 0 unspecified atom stereocenters. The smallest absolute Gasteiger partial charge is 0.00964 e. The van der Waals surface area contributed by atoms with Crippen molar-refractivity contribution >= 4 is 0 Å². The summed E-state index contributed by atoms with van der Waals surface area (Å²) in [5.41, 5.74) is 0. The van der Waals surface area contributed by atoms with E-state index in [0.717, 1.165) is 12.1 Å². The van der Waals surface area contributed by atoms with E-state index in [2.05, 4.69) is 9.80 Å². The van der Waals surface area contributed by atoms with Crippen LogP contribution in [0.1, 0.15) is 64.2 Å². The van der Waals surface area contributed by atoms with Crippen molar-refractivity contribution in [3.8, 4) is 0 Å². The first-order valence-corrected chi connectivity index (χ1v) is 8.41. The van der Waals surface area contributed by atoms with Crippen LogP contribution in [-0.2, 0) is 0 Å². The summed E-state index contributed by atoms with van der Waals surface area (Å²) in [6, 6.07) is 1.87. The van der Waals surface area contributed by atoms with Gasteiger partial charge in [0.15, 0.2) is 0 Å². The minimum Gasteiger partial charge on any atom is -0.300 e. The largest absolute Gasteiger partial charge is 0.300 e. The number of likely N-dealkylation sites (tertiary alicyclic amines) is 2. The van der Waals surface area contributed by atoms with Crippen LogP contribution in [-0.4, -0.2) is 48.1 Å². The van der Waals surface area contributed by atoms with E-state index in [0.29, 0.717) is 0 Å². The summed E-state index contributed by atoms with van der Waals surface area (Å²) in [5.74, 6) is 0. The lowest BCUT2D eigenvalue weighted by molar-refractivity contribution is 0.0743. The Morgan fingerprint density at radius 3 is 1.11 bits per heavy atom. The Morgan fingerprint density at radius 1 is 0.444 bits per heavy atom. The normalized spacial score (nSPS) is 36.7. The van der Waals surface area contributed by atoms with E-state index in [-0.39, 0.29) is 0 Å². The topological polar surface area (TPSA) is 6.48 Å². The molecule has 0 aromatic rings. The molecule has 2 nitrogen and oxygen atoms in total. The van der Waals surface area contributed by atoms with Crippen molar-refractivity contribution in [1.82, 2.24) is 9.80 Å². The van der Waals surface area contributed by atoms with Gasteiger partial charge in [0.25, 0.3) is 0 Å². The zero-order valence-electron chi connectivity index (χ0n) is 11.9. The van der Waals surface area contributed by atoms with Crippen molar-refractivity contribution in [2.24, 2.45) is 0 Å². The van der Waals surface area contributed by atoms with Crippen molar-refractivity contribution < 1.29 is 0 Å². The number of hydrogen-bond donors (Lipinski definition) is 0. The lowest BCUT2D eigenvalue weighted by Gasteiger charge is -2.43. The van der Waals surface area contributed by atoms with Crippen molar-refractivity contribution in [2.45, 2.75) is 76.3 Å². The van der Waals surface area contributed by atoms with Gasteiger partial charge in [0.1, 0.15) is 0 Å². The molecular formula is C16H30N2. The van der Waals surface area contributed by atoms with E-state index < -0.39 is 0 Å². The number of rotatable bonds is 2. The van der Waals surface area contributed by atoms with Crippen molar-refractivity contribution in [3.05, 3.63) is 0 Å². The Morgan fingerprint density at radius 2 is 0.778 bits per heavy atom. The molecule has 0 amide bonds. The maximum Gasteiger partial charge on any atom is 0.00964 e. The average molecular weight is 250 g/mol. The van der Waals surface area contributed by atoms with Gasteiger partial charge >= 0.3 is 0 Å². The third-order valence-electron chi connectivity index (χ3n) is 5.48. The predicted octanol–water partition coefficient (Wildman–Crippen LogP) is 3.27. The molecule has 3 rings (SSSR count). The zero-order chi connectivity index (χ0) is 12.2. The number of nitrogens with zero attached hydrogens (tertiary/aromatic N) is 2. The van der Waals surface area contributed by atoms with E-state index >= 15 is 0 Å². The van der Waals surface area contributed by atoms with Gasteiger partial charge in [-0.2, -0.15) is 0 Å². The Kier molecular flexibility index (Phi) is 4.58. The minimum atomic E-state index is 0.936. The van der Waals surface area contributed by atoms with Crippen LogP contribution in [0.5, 0.6) is 0 Å². The molecule has 0 aromatic heterocycles. The average Bonchev–Trinajstić information content (AvgIpc) is 2.49. The summed E-state index contributed by atoms with van der Waals surface area (Å²) in [5, 5.41) is 0. The van der Waals surface area contributed by atoms with Gasteiger partial charge in [-0.25, -0.2) is 0 Å². The number of hydrogen-bond acceptors (Lipinski definition) is 2. The van der Waals surface area contributed by atoms with Crippen LogP contribution in [0.4, 0.5) is 0 Å². The maximum absolute atomic E-state index is 2.80. The molecule has 0 bridgehead atoms. The second-order valence-corrected chi connectivity index (χ2v) is 6.66.